The highest BCUT2D eigenvalue weighted by Gasteiger charge is 2.40. The monoisotopic (exact) mass is 453 g/mol. The van der Waals surface area contributed by atoms with E-state index in [1.165, 1.54) is 24.4 Å². The van der Waals surface area contributed by atoms with Crippen LogP contribution in [0.1, 0.15) is 46.2 Å². The van der Waals surface area contributed by atoms with Gasteiger partial charge >= 0.3 is 0 Å². The Hall–Kier alpha value is -3.47. The van der Waals surface area contributed by atoms with Gasteiger partial charge in [0.25, 0.3) is 5.91 Å². The molecule has 2 heterocycles. The number of nitrogens with one attached hydrogen (secondary N) is 2. The highest BCUT2D eigenvalue weighted by Crippen LogP contribution is 2.41. The van der Waals surface area contributed by atoms with Gasteiger partial charge in [0.2, 0.25) is 0 Å². The fourth-order valence-electron chi connectivity index (χ4n) is 3.69. The summed E-state index contributed by atoms with van der Waals surface area (Å²) in [5.41, 5.74) is 0.637. The number of halogens is 1. The van der Waals surface area contributed by atoms with Gasteiger partial charge in [-0.15, -0.1) is 12.4 Å². The lowest BCUT2D eigenvalue weighted by Gasteiger charge is -2.21. The van der Waals surface area contributed by atoms with E-state index in [0.29, 0.717) is 24.9 Å². The van der Waals surface area contributed by atoms with Crippen molar-refractivity contribution in [3.05, 3.63) is 83.8 Å². The predicted octanol–water partition coefficient (Wildman–Crippen LogP) is 4.07. The van der Waals surface area contributed by atoms with Crippen LogP contribution in [0.5, 0.6) is 0 Å². The molecule has 0 unspecified atom stereocenters. The minimum absolute atomic E-state index is 0. The van der Waals surface area contributed by atoms with Gasteiger partial charge in [-0.1, -0.05) is 12.1 Å². The molecular formula is C24H24ClN5O2. The van der Waals surface area contributed by atoms with E-state index in [1.807, 2.05) is 0 Å². The van der Waals surface area contributed by atoms with Gasteiger partial charge in [0, 0.05) is 30.7 Å². The number of hydrogen-bond acceptors (Lipinski definition) is 6. The van der Waals surface area contributed by atoms with Crippen molar-refractivity contribution in [2.45, 2.75) is 37.3 Å². The molecule has 0 bridgehead atoms. The largest absolute Gasteiger partial charge is 0.393 e. The number of pyridine rings is 2. The average Bonchev–Trinajstić information content (AvgIpc) is 3.21. The Balaban J connectivity index is 0.00000361. The number of rotatable bonds is 6. The highest BCUT2D eigenvalue weighted by atomic mass is 35.5. The summed E-state index contributed by atoms with van der Waals surface area (Å²) in [5, 5.41) is 24.9. The van der Waals surface area contributed by atoms with E-state index in [-0.39, 0.29) is 41.7 Å². The number of anilines is 2. The second-order valence-electron chi connectivity index (χ2n) is 7.39. The summed E-state index contributed by atoms with van der Waals surface area (Å²) in [7, 11) is 0. The summed E-state index contributed by atoms with van der Waals surface area (Å²) >= 11 is 0. The van der Waals surface area contributed by atoms with Gasteiger partial charge in [-0.2, -0.15) is 5.26 Å². The molecule has 1 saturated carbocycles. The predicted molar refractivity (Wildman–Crippen MR) is 125 cm³/mol. The lowest BCUT2D eigenvalue weighted by Crippen LogP contribution is -2.21. The summed E-state index contributed by atoms with van der Waals surface area (Å²) < 4.78 is 32.0. The van der Waals surface area contributed by atoms with Gasteiger partial charge < -0.3 is 15.7 Å². The number of nitrogens with zero attached hydrogens (tertiary/aromatic N) is 3. The highest BCUT2D eigenvalue weighted by molar-refractivity contribution is 6.07. The number of aliphatic hydroxyl groups is 1. The molecule has 0 radical (unpaired) electrons. The van der Waals surface area contributed by atoms with Crippen LogP contribution in [0, 0.1) is 11.3 Å². The fraction of sp³-hybridized carbons (Fsp3) is 0.250. The number of nitriles is 1. The molecule has 1 aliphatic rings. The first-order valence-corrected chi connectivity index (χ1v) is 9.82. The van der Waals surface area contributed by atoms with Crippen LogP contribution in [-0.4, -0.2) is 27.1 Å². The summed E-state index contributed by atoms with van der Waals surface area (Å²) in [6, 6.07) is 14.7. The summed E-state index contributed by atoms with van der Waals surface area (Å²) in [6.45, 7) is -2.23. The molecule has 0 aliphatic heterocycles. The third-order valence-electron chi connectivity index (χ3n) is 5.34. The first kappa shape index (κ1) is 18.1. The molecule has 7 nitrogen and oxygen atoms in total. The molecule has 8 heteroatoms. The van der Waals surface area contributed by atoms with Crippen molar-refractivity contribution in [1.82, 2.24) is 9.97 Å². The van der Waals surface area contributed by atoms with E-state index in [2.05, 4.69) is 26.7 Å². The number of aromatic nitrogens is 2. The molecule has 1 aromatic carbocycles. The van der Waals surface area contributed by atoms with E-state index in [4.69, 9.17) is 5.48 Å². The van der Waals surface area contributed by atoms with Crippen molar-refractivity contribution >= 4 is 29.8 Å². The van der Waals surface area contributed by atoms with Gasteiger partial charge in [0.15, 0.2) is 0 Å². The van der Waals surface area contributed by atoms with Crippen LogP contribution >= 0.6 is 12.4 Å². The van der Waals surface area contributed by atoms with Crippen LogP contribution in [0.2, 0.25) is 0 Å². The molecule has 0 spiro atoms. The van der Waals surface area contributed by atoms with Gasteiger partial charge in [-0.25, -0.2) is 4.98 Å². The molecule has 2 aromatic heterocycles. The number of carbonyl (C=O) groups excluding carboxylic acids is 1. The number of carbonyl (C=O) groups is 1. The summed E-state index contributed by atoms with van der Waals surface area (Å²) in [4.78, 5) is 20.7. The van der Waals surface area contributed by atoms with Crippen molar-refractivity contribution in [2.24, 2.45) is 0 Å². The molecular weight excluding hydrogens is 426 g/mol. The summed E-state index contributed by atoms with van der Waals surface area (Å²) in [6.07, 6.45) is 1.95. The van der Waals surface area contributed by atoms with Crippen LogP contribution in [-0.2, 0) is 11.9 Å². The van der Waals surface area contributed by atoms with E-state index >= 15 is 0 Å². The molecule has 3 N–H and O–H groups in total. The second kappa shape index (κ2) is 10.2. The number of amides is 1. The number of hydrogen-bond donors (Lipinski definition) is 3. The zero-order valence-corrected chi connectivity index (χ0v) is 17.8. The molecule has 3 aromatic rings. The lowest BCUT2D eigenvalue weighted by molar-refractivity contribution is 0.102. The van der Waals surface area contributed by atoms with Crippen LogP contribution < -0.4 is 10.6 Å². The van der Waals surface area contributed by atoms with Crippen molar-refractivity contribution in [3.8, 4) is 6.07 Å². The van der Waals surface area contributed by atoms with Gasteiger partial charge in [0.1, 0.15) is 5.82 Å². The Kier molecular flexibility index (Phi) is 5.80. The quantitative estimate of drug-likeness (QED) is 0.518. The molecule has 0 saturated heterocycles. The average molecular weight is 454 g/mol. The Morgan fingerprint density at radius 1 is 1.28 bits per heavy atom. The van der Waals surface area contributed by atoms with Crippen LogP contribution in [0.15, 0.2) is 67.1 Å². The molecule has 2 atom stereocenters. The molecule has 1 fully saturated rings. The molecule has 1 amide bonds. The van der Waals surface area contributed by atoms with E-state index < -0.39 is 23.9 Å². The van der Waals surface area contributed by atoms with Crippen molar-refractivity contribution in [2.75, 3.05) is 10.6 Å². The second-order valence-corrected chi connectivity index (χ2v) is 7.39. The molecule has 164 valence electrons. The fourth-order valence-corrected chi connectivity index (χ4v) is 3.69. The van der Waals surface area contributed by atoms with Crippen molar-refractivity contribution in [1.29, 1.82) is 5.26 Å². The Morgan fingerprint density at radius 2 is 2.03 bits per heavy atom. The standard InChI is InChI=1S/C24H23N5O2.ClH/c25-16-24(10-7-20(30)14-24)18-3-5-19(6-4-18)29-23(31)21-2-1-11-27-22(21)28-15-17-8-12-26-13-9-17;/h1-6,8-9,11-13,20,30H,7,10,14-15H2,(H,27,28)(H,29,31);1H/t20-,24-;/m0./s1/i12D,13D,15D2;. The first-order chi connectivity index (χ1) is 16.6. The van der Waals surface area contributed by atoms with Gasteiger partial charge in [-0.05, 0) is 66.8 Å². The Labute approximate surface area is 198 Å². The smallest absolute Gasteiger partial charge is 0.259 e. The minimum atomic E-state index is -2.23. The Bertz CT molecular complexity index is 1280. The number of aliphatic hydroxyl groups excluding tert-OH is 1. The normalized spacial score (nSPS) is 21.7. The molecule has 4 rings (SSSR count). The molecule has 1 aliphatic carbocycles. The zero-order chi connectivity index (χ0) is 25.2. The zero-order valence-electron chi connectivity index (χ0n) is 21.0. The topological polar surface area (TPSA) is 111 Å². The Morgan fingerprint density at radius 3 is 2.69 bits per heavy atom. The van der Waals surface area contributed by atoms with E-state index in [9.17, 15) is 15.2 Å². The first-order valence-electron chi connectivity index (χ1n) is 11.8. The maximum atomic E-state index is 13.0. The van der Waals surface area contributed by atoms with Gasteiger partial charge in [-0.3, -0.25) is 9.78 Å². The van der Waals surface area contributed by atoms with E-state index in [0.717, 1.165) is 5.56 Å². The van der Waals surface area contributed by atoms with Gasteiger partial charge in [0.05, 0.1) is 28.6 Å². The van der Waals surface area contributed by atoms with Crippen LogP contribution in [0.4, 0.5) is 11.5 Å². The third kappa shape index (κ3) is 5.05. The van der Waals surface area contributed by atoms with Crippen molar-refractivity contribution in [3.63, 3.8) is 0 Å². The lowest BCUT2D eigenvalue weighted by atomic mass is 9.80. The SMILES string of the molecule is Cl.[2H]c1cc(C([2H])([2H])Nc2ncccc2C(=O)Nc2ccc([C@@]3(C#N)CC[C@H](O)C3)cc2)cc([2H])n1. The summed E-state index contributed by atoms with van der Waals surface area (Å²) in [5.74, 6) is -0.530. The maximum absolute atomic E-state index is 13.0. The molecule has 32 heavy (non-hydrogen) atoms. The number of benzene rings is 1. The third-order valence-corrected chi connectivity index (χ3v) is 5.34. The van der Waals surface area contributed by atoms with Crippen molar-refractivity contribution < 1.29 is 15.4 Å². The van der Waals surface area contributed by atoms with E-state index in [1.54, 1.807) is 30.3 Å². The van der Waals surface area contributed by atoms with Crippen LogP contribution in [0.25, 0.3) is 0 Å². The minimum Gasteiger partial charge on any atom is -0.393 e. The maximum Gasteiger partial charge on any atom is 0.259 e. The van der Waals surface area contributed by atoms with Crippen LogP contribution in [0.3, 0.4) is 0 Å².